The van der Waals surface area contributed by atoms with Gasteiger partial charge in [0.15, 0.2) is 6.04 Å². The maximum Gasteiger partial charge on any atom is 0.328 e. The van der Waals surface area contributed by atoms with Gasteiger partial charge in [-0.1, -0.05) is 0 Å². The van der Waals surface area contributed by atoms with Gasteiger partial charge in [-0.2, -0.15) is 0 Å². The minimum atomic E-state index is -1.29. The van der Waals surface area contributed by atoms with Gasteiger partial charge in [0.25, 0.3) is 0 Å². The summed E-state index contributed by atoms with van der Waals surface area (Å²) in [6.07, 6.45) is 3.72. The van der Waals surface area contributed by atoms with Gasteiger partial charge in [-0.25, -0.2) is 14.6 Å². The van der Waals surface area contributed by atoms with Crippen LogP contribution in [-0.4, -0.2) is 51.4 Å². The Bertz CT molecular complexity index is 365. The van der Waals surface area contributed by atoms with E-state index in [4.69, 9.17) is 10.2 Å². The van der Waals surface area contributed by atoms with Crippen LogP contribution in [-0.2, 0) is 11.2 Å². The molecule has 0 aliphatic rings. The van der Waals surface area contributed by atoms with E-state index in [2.05, 4.69) is 20.6 Å². The lowest BCUT2D eigenvalue weighted by Gasteiger charge is -2.12. The Morgan fingerprint density at radius 2 is 2.29 bits per heavy atom. The number of aliphatic carboxylic acids is 1. The van der Waals surface area contributed by atoms with Gasteiger partial charge >= 0.3 is 12.0 Å². The summed E-state index contributed by atoms with van der Waals surface area (Å²) >= 11 is 0. The number of amides is 2. The molecule has 1 aromatic heterocycles. The molecule has 0 aliphatic carbocycles. The largest absolute Gasteiger partial charge is 0.480 e. The van der Waals surface area contributed by atoms with Crippen LogP contribution in [0, 0.1) is 0 Å². The molecular formula is C9H14N4O4. The summed E-state index contributed by atoms with van der Waals surface area (Å²) < 4.78 is 0. The Hall–Kier alpha value is -2.09. The molecule has 0 aromatic carbocycles. The fraction of sp³-hybridized carbons (Fsp3) is 0.444. The molecule has 8 nitrogen and oxygen atoms in total. The first kappa shape index (κ1) is 13.0. The lowest BCUT2D eigenvalue weighted by molar-refractivity contribution is -0.140. The predicted octanol–water partition coefficient (Wildman–Crippen LogP) is -1.30. The summed E-state index contributed by atoms with van der Waals surface area (Å²) in [6.45, 7) is -0.310. The summed E-state index contributed by atoms with van der Waals surface area (Å²) in [5, 5.41) is 21.9. The molecule has 1 rings (SSSR count). The van der Waals surface area contributed by atoms with Gasteiger partial charge in [-0.05, 0) is 0 Å². The van der Waals surface area contributed by atoms with Crippen LogP contribution in [0.2, 0.25) is 0 Å². The molecule has 1 atom stereocenters. The van der Waals surface area contributed by atoms with Crippen molar-refractivity contribution in [3.8, 4) is 0 Å². The van der Waals surface area contributed by atoms with Crippen LogP contribution in [0.5, 0.6) is 0 Å². The molecule has 0 radical (unpaired) electrons. The molecule has 0 spiro atoms. The molecule has 1 aromatic rings. The summed E-state index contributed by atoms with van der Waals surface area (Å²) in [5.74, 6) is -1.28. The van der Waals surface area contributed by atoms with E-state index in [1.54, 1.807) is 6.20 Å². The predicted molar refractivity (Wildman–Crippen MR) is 57.3 cm³/mol. The smallest absolute Gasteiger partial charge is 0.328 e. The molecule has 1 heterocycles. The second-order valence-corrected chi connectivity index (χ2v) is 3.30. The van der Waals surface area contributed by atoms with Gasteiger partial charge < -0.3 is 25.8 Å². The minimum absolute atomic E-state index is 0.339. The molecule has 8 heteroatoms. The maximum absolute atomic E-state index is 11.2. The van der Waals surface area contributed by atoms with Crippen molar-refractivity contribution in [2.45, 2.75) is 12.5 Å². The zero-order valence-corrected chi connectivity index (χ0v) is 9.01. The number of aliphatic hydroxyl groups excluding tert-OH is 1. The van der Waals surface area contributed by atoms with Crippen LogP contribution in [0.4, 0.5) is 4.79 Å². The molecule has 0 bridgehead atoms. The second-order valence-electron chi connectivity index (χ2n) is 3.30. The molecule has 0 saturated carbocycles. The van der Waals surface area contributed by atoms with E-state index in [0.717, 1.165) is 5.69 Å². The highest BCUT2D eigenvalue weighted by molar-refractivity contribution is 5.82. The first-order valence-corrected chi connectivity index (χ1v) is 4.98. The SMILES string of the molecule is O=C(NCCc1cnc[nH]1)NC(CO)C(=O)O. The number of nitrogens with zero attached hydrogens (tertiary/aromatic N) is 1. The highest BCUT2D eigenvalue weighted by atomic mass is 16.4. The van der Waals surface area contributed by atoms with E-state index in [1.165, 1.54) is 6.33 Å². The van der Waals surface area contributed by atoms with Crippen molar-refractivity contribution < 1.29 is 19.8 Å². The van der Waals surface area contributed by atoms with Crippen LogP contribution in [0.1, 0.15) is 5.69 Å². The fourth-order valence-electron chi connectivity index (χ4n) is 1.13. The third-order valence-corrected chi connectivity index (χ3v) is 2.02. The lowest BCUT2D eigenvalue weighted by Crippen LogP contribution is -2.48. The third kappa shape index (κ3) is 4.51. The molecule has 17 heavy (non-hydrogen) atoms. The fourth-order valence-corrected chi connectivity index (χ4v) is 1.13. The van der Waals surface area contributed by atoms with Gasteiger partial charge in [0.2, 0.25) is 0 Å². The van der Waals surface area contributed by atoms with Gasteiger partial charge in [-0.3, -0.25) is 0 Å². The minimum Gasteiger partial charge on any atom is -0.480 e. The van der Waals surface area contributed by atoms with Crippen LogP contribution >= 0.6 is 0 Å². The Balaban J connectivity index is 2.23. The summed E-state index contributed by atoms with van der Waals surface area (Å²) in [4.78, 5) is 28.4. The molecule has 94 valence electrons. The van der Waals surface area contributed by atoms with Crippen molar-refractivity contribution >= 4 is 12.0 Å². The molecule has 5 N–H and O–H groups in total. The molecule has 2 amide bonds. The van der Waals surface area contributed by atoms with E-state index in [-0.39, 0.29) is 0 Å². The monoisotopic (exact) mass is 242 g/mol. The number of carboxylic acid groups (broad SMARTS) is 1. The van der Waals surface area contributed by atoms with Crippen molar-refractivity contribution in [1.82, 2.24) is 20.6 Å². The highest BCUT2D eigenvalue weighted by Gasteiger charge is 2.17. The number of aromatic nitrogens is 2. The zero-order valence-electron chi connectivity index (χ0n) is 9.01. The van der Waals surface area contributed by atoms with Gasteiger partial charge in [0.05, 0.1) is 12.9 Å². The van der Waals surface area contributed by atoms with E-state index in [9.17, 15) is 9.59 Å². The second kappa shape index (κ2) is 6.48. The van der Waals surface area contributed by atoms with E-state index in [0.29, 0.717) is 13.0 Å². The Labute approximate surface area is 97.1 Å². The summed E-state index contributed by atoms with van der Waals surface area (Å²) in [7, 11) is 0. The highest BCUT2D eigenvalue weighted by Crippen LogP contribution is 1.90. The first-order chi connectivity index (χ1) is 8.13. The van der Waals surface area contributed by atoms with Crippen molar-refractivity contribution in [2.24, 2.45) is 0 Å². The number of aromatic amines is 1. The zero-order chi connectivity index (χ0) is 12.7. The number of hydrogen-bond acceptors (Lipinski definition) is 4. The van der Waals surface area contributed by atoms with Gasteiger partial charge in [0, 0.05) is 24.9 Å². The summed E-state index contributed by atoms with van der Waals surface area (Å²) in [6, 6.07) is -1.92. The average Bonchev–Trinajstić information content (AvgIpc) is 2.78. The average molecular weight is 242 g/mol. The van der Waals surface area contributed by atoms with E-state index < -0.39 is 24.6 Å². The lowest BCUT2D eigenvalue weighted by atomic mass is 10.3. The number of aliphatic hydroxyl groups is 1. The topological polar surface area (TPSA) is 127 Å². The Kier molecular flexibility index (Phi) is 4.95. The van der Waals surface area contributed by atoms with Gasteiger partial charge in [-0.15, -0.1) is 0 Å². The van der Waals surface area contributed by atoms with Crippen LogP contribution < -0.4 is 10.6 Å². The number of carbonyl (C=O) groups excluding carboxylic acids is 1. The van der Waals surface area contributed by atoms with Crippen LogP contribution in [0.25, 0.3) is 0 Å². The Morgan fingerprint density at radius 1 is 1.53 bits per heavy atom. The number of imidazole rings is 1. The summed E-state index contributed by atoms with van der Waals surface area (Å²) in [5.41, 5.74) is 0.863. The number of carboxylic acids is 1. The number of urea groups is 1. The molecule has 0 saturated heterocycles. The normalized spacial score (nSPS) is 11.8. The first-order valence-electron chi connectivity index (χ1n) is 4.98. The molecular weight excluding hydrogens is 228 g/mol. The van der Waals surface area contributed by atoms with Crippen molar-refractivity contribution in [3.05, 3.63) is 18.2 Å². The Morgan fingerprint density at radius 3 is 2.82 bits per heavy atom. The van der Waals surface area contributed by atoms with E-state index in [1.807, 2.05) is 0 Å². The van der Waals surface area contributed by atoms with Crippen molar-refractivity contribution in [1.29, 1.82) is 0 Å². The molecule has 0 fully saturated rings. The quantitative estimate of drug-likeness (QED) is 0.423. The van der Waals surface area contributed by atoms with Crippen LogP contribution in [0.3, 0.4) is 0 Å². The standard InChI is InChI=1S/C9H14N4O4/c14-4-7(8(15)16)13-9(17)11-2-1-6-3-10-5-12-6/h3,5,7,14H,1-2,4H2,(H,10,12)(H,15,16)(H2,11,13,17). The van der Waals surface area contributed by atoms with Crippen molar-refractivity contribution in [2.75, 3.05) is 13.2 Å². The number of hydrogen-bond donors (Lipinski definition) is 5. The van der Waals surface area contributed by atoms with Crippen molar-refractivity contribution in [3.63, 3.8) is 0 Å². The maximum atomic E-state index is 11.2. The number of H-pyrrole nitrogens is 1. The number of nitrogens with one attached hydrogen (secondary N) is 3. The molecule has 1 unspecified atom stereocenters. The molecule has 0 aliphatic heterocycles. The third-order valence-electron chi connectivity index (χ3n) is 2.02. The number of rotatable bonds is 6. The number of carbonyl (C=O) groups is 2. The van der Waals surface area contributed by atoms with Gasteiger partial charge in [0.1, 0.15) is 0 Å². The van der Waals surface area contributed by atoms with E-state index >= 15 is 0 Å². The van der Waals surface area contributed by atoms with Crippen LogP contribution in [0.15, 0.2) is 12.5 Å².